The molecule has 0 radical (unpaired) electrons. The molecule has 4 aromatic rings. The maximum atomic E-state index is 5.99. The highest BCUT2D eigenvalue weighted by Gasteiger charge is 2.07. The largest absolute Gasteiger partial charge is 0.456 e. The first-order valence-corrected chi connectivity index (χ1v) is 8.67. The van der Waals surface area contributed by atoms with Crippen molar-refractivity contribution in [3.05, 3.63) is 83.4 Å². The Morgan fingerprint density at radius 2 is 1.38 bits per heavy atom. The minimum absolute atomic E-state index is 0.700. The third kappa shape index (κ3) is 2.94. The summed E-state index contributed by atoms with van der Waals surface area (Å²) in [5.74, 6) is 0.700. The fourth-order valence-electron chi connectivity index (χ4n) is 3.38. The zero-order valence-corrected chi connectivity index (χ0v) is 14.3. The van der Waals surface area contributed by atoms with E-state index >= 15 is 0 Å². The van der Waals surface area contributed by atoms with Crippen LogP contribution in [0.2, 0.25) is 0 Å². The van der Waals surface area contributed by atoms with Crippen molar-refractivity contribution in [2.75, 3.05) is 0 Å². The SMILES string of the molecule is CC(C)Cc1ccc(Cc2ccc3c(c2)oc2ccccc23)cc1. The summed E-state index contributed by atoms with van der Waals surface area (Å²) in [6, 6.07) is 23.8. The van der Waals surface area contributed by atoms with Gasteiger partial charge >= 0.3 is 0 Å². The van der Waals surface area contributed by atoms with E-state index in [9.17, 15) is 0 Å². The van der Waals surface area contributed by atoms with Gasteiger partial charge in [0.05, 0.1) is 0 Å². The Morgan fingerprint density at radius 1 is 0.708 bits per heavy atom. The van der Waals surface area contributed by atoms with Gasteiger partial charge in [-0.3, -0.25) is 0 Å². The molecule has 0 aliphatic rings. The van der Waals surface area contributed by atoms with Crippen molar-refractivity contribution in [1.82, 2.24) is 0 Å². The predicted octanol–water partition coefficient (Wildman–Crippen LogP) is 6.38. The van der Waals surface area contributed by atoms with Gasteiger partial charge in [-0.1, -0.05) is 68.4 Å². The quantitative estimate of drug-likeness (QED) is 0.426. The number of hydrogen-bond acceptors (Lipinski definition) is 1. The van der Waals surface area contributed by atoms with E-state index in [1.54, 1.807) is 0 Å². The molecule has 4 rings (SSSR count). The zero-order valence-electron chi connectivity index (χ0n) is 14.3. The van der Waals surface area contributed by atoms with Crippen LogP contribution >= 0.6 is 0 Å². The summed E-state index contributed by atoms with van der Waals surface area (Å²) in [5.41, 5.74) is 5.99. The van der Waals surface area contributed by atoms with Crippen LogP contribution in [-0.4, -0.2) is 0 Å². The number of furan rings is 1. The molecule has 0 atom stereocenters. The molecule has 0 saturated heterocycles. The van der Waals surface area contributed by atoms with Gasteiger partial charge in [0.1, 0.15) is 11.2 Å². The molecule has 0 amide bonds. The van der Waals surface area contributed by atoms with Crippen molar-refractivity contribution in [1.29, 1.82) is 0 Å². The molecule has 0 N–H and O–H groups in total. The first kappa shape index (κ1) is 15.0. The minimum atomic E-state index is 0.700. The summed E-state index contributed by atoms with van der Waals surface area (Å²) in [6.07, 6.45) is 2.08. The topological polar surface area (TPSA) is 13.1 Å². The van der Waals surface area contributed by atoms with Crippen LogP contribution < -0.4 is 0 Å². The zero-order chi connectivity index (χ0) is 16.5. The van der Waals surface area contributed by atoms with E-state index < -0.39 is 0 Å². The van der Waals surface area contributed by atoms with Crippen molar-refractivity contribution in [3.63, 3.8) is 0 Å². The smallest absolute Gasteiger partial charge is 0.135 e. The van der Waals surface area contributed by atoms with Gasteiger partial charge in [0, 0.05) is 10.8 Å². The second-order valence-corrected chi connectivity index (χ2v) is 7.02. The lowest BCUT2D eigenvalue weighted by molar-refractivity contribution is 0.647. The van der Waals surface area contributed by atoms with Crippen molar-refractivity contribution in [2.24, 2.45) is 5.92 Å². The van der Waals surface area contributed by atoms with Gasteiger partial charge in [0.15, 0.2) is 0 Å². The van der Waals surface area contributed by atoms with Crippen molar-refractivity contribution in [2.45, 2.75) is 26.7 Å². The molecule has 0 unspecified atom stereocenters. The van der Waals surface area contributed by atoms with Gasteiger partial charge in [0.2, 0.25) is 0 Å². The molecule has 0 bridgehead atoms. The number of rotatable bonds is 4. The van der Waals surface area contributed by atoms with Crippen LogP contribution in [0, 0.1) is 5.92 Å². The standard InChI is InChI=1S/C23H22O/c1-16(2)13-17-7-9-18(10-8-17)14-19-11-12-21-20-5-3-4-6-22(20)24-23(21)15-19/h3-12,15-16H,13-14H2,1-2H3. The Balaban J connectivity index is 1.61. The van der Waals surface area contributed by atoms with E-state index in [0.717, 1.165) is 24.0 Å². The fourth-order valence-corrected chi connectivity index (χ4v) is 3.38. The van der Waals surface area contributed by atoms with Crippen LogP contribution in [0.4, 0.5) is 0 Å². The molecule has 3 aromatic carbocycles. The van der Waals surface area contributed by atoms with Gasteiger partial charge in [0.25, 0.3) is 0 Å². The van der Waals surface area contributed by atoms with E-state index in [-0.39, 0.29) is 0 Å². The third-order valence-corrected chi connectivity index (χ3v) is 4.52. The molecular weight excluding hydrogens is 292 g/mol. The molecule has 0 spiro atoms. The molecule has 1 nitrogen and oxygen atoms in total. The monoisotopic (exact) mass is 314 g/mol. The average molecular weight is 314 g/mol. The summed E-state index contributed by atoms with van der Waals surface area (Å²) < 4.78 is 5.99. The highest BCUT2D eigenvalue weighted by Crippen LogP contribution is 2.29. The predicted molar refractivity (Wildman–Crippen MR) is 102 cm³/mol. The fraction of sp³-hybridized carbons (Fsp3) is 0.217. The molecule has 1 heterocycles. The minimum Gasteiger partial charge on any atom is -0.456 e. The van der Waals surface area contributed by atoms with Crippen molar-refractivity contribution >= 4 is 21.9 Å². The Kier molecular flexibility index (Phi) is 3.86. The van der Waals surface area contributed by atoms with E-state index in [1.807, 2.05) is 12.1 Å². The van der Waals surface area contributed by atoms with Gasteiger partial charge < -0.3 is 4.42 Å². The van der Waals surface area contributed by atoms with Gasteiger partial charge in [-0.15, -0.1) is 0 Å². The lowest BCUT2D eigenvalue weighted by Crippen LogP contribution is -1.94. The molecular formula is C23H22O. The second-order valence-electron chi connectivity index (χ2n) is 7.02. The summed E-state index contributed by atoms with van der Waals surface area (Å²) in [5, 5.41) is 2.39. The molecule has 1 heteroatoms. The summed E-state index contributed by atoms with van der Waals surface area (Å²) in [4.78, 5) is 0. The van der Waals surface area contributed by atoms with E-state index in [4.69, 9.17) is 4.42 Å². The number of hydrogen-bond donors (Lipinski definition) is 0. The first-order valence-electron chi connectivity index (χ1n) is 8.67. The van der Waals surface area contributed by atoms with Crippen LogP contribution in [0.15, 0.2) is 71.1 Å². The summed E-state index contributed by atoms with van der Waals surface area (Å²) >= 11 is 0. The number of fused-ring (bicyclic) bond motifs is 3. The van der Waals surface area contributed by atoms with Crippen molar-refractivity contribution < 1.29 is 4.42 Å². The van der Waals surface area contributed by atoms with Crippen LogP contribution in [0.25, 0.3) is 21.9 Å². The first-order chi connectivity index (χ1) is 11.7. The van der Waals surface area contributed by atoms with Gasteiger partial charge in [-0.25, -0.2) is 0 Å². The Hall–Kier alpha value is -2.54. The highest BCUT2D eigenvalue weighted by atomic mass is 16.3. The van der Waals surface area contributed by atoms with E-state index in [2.05, 4.69) is 68.4 Å². The maximum Gasteiger partial charge on any atom is 0.135 e. The molecule has 1 aromatic heterocycles. The lowest BCUT2D eigenvalue weighted by Gasteiger charge is -2.07. The Morgan fingerprint density at radius 3 is 2.17 bits per heavy atom. The average Bonchev–Trinajstić information content (AvgIpc) is 2.94. The normalized spacial score (nSPS) is 11.6. The van der Waals surface area contributed by atoms with E-state index in [1.165, 1.54) is 27.5 Å². The van der Waals surface area contributed by atoms with Crippen molar-refractivity contribution in [3.8, 4) is 0 Å². The molecule has 0 aliphatic carbocycles. The van der Waals surface area contributed by atoms with Gasteiger partial charge in [-0.2, -0.15) is 0 Å². The number of para-hydroxylation sites is 1. The van der Waals surface area contributed by atoms with Crippen LogP contribution in [0.1, 0.15) is 30.5 Å². The highest BCUT2D eigenvalue weighted by molar-refractivity contribution is 6.04. The molecule has 120 valence electrons. The molecule has 0 aliphatic heterocycles. The van der Waals surface area contributed by atoms with Crippen LogP contribution in [-0.2, 0) is 12.8 Å². The van der Waals surface area contributed by atoms with Crippen LogP contribution in [0.5, 0.6) is 0 Å². The van der Waals surface area contributed by atoms with Crippen LogP contribution in [0.3, 0.4) is 0 Å². The summed E-state index contributed by atoms with van der Waals surface area (Å²) in [7, 11) is 0. The molecule has 0 saturated carbocycles. The summed E-state index contributed by atoms with van der Waals surface area (Å²) in [6.45, 7) is 4.52. The van der Waals surface area contributed by atoms with E-state index in [0.29, 0.717) is 5.92 Å². The molecule has 24 heavy (non-hydrogen) atoms. The third-order valence-electron chi connectivity index (χ3n) is 4.52. The maximum absolute atomic E-state index is 5.99. The lowest BCUT2D eigenvalue weighted by atomic mass is 9.99. The second kappa shape index (κ2) is 6.16. The Labute approximate surface area is 142 Å². The Bertz CT molecular complexity index is 974. The number of benzene rings is 3. The molecule has 0 fully saturated rings. The van der Waals surface area contributed by atoms with Gasteiger partial charge in [-0.05, 0) is 47.6 Å².